The van der Waals surface area contributed by atoms with Crippen molar-refractivity contribution in [2.24, 2.45) is 0 Å². The number of nitrogen functional groups attached to an aromatic ring is 1. The molecule has 0 fully saturated rings. The number of benzene rings is 2. The molecule has 2 atom stereocenters. The van der Waals surface area contributed by atoms with Gasteiger partial charge in [0.1, 0.15) is 29.0 Å². The Morgan fingerprint density at radius 2 is 1.16 bits per heavy atom. The van der Waals surface area contributed by atoms with E-state index in [2.05, 4.69) is 60.3 Å². The minimum atomic E-state index is -1.11. The Morgan fingerprint density at radius 3 is 1.66 bits per heavy atom. The van der Waals surface area contributed by atoms with E-state index in [0.29, 0.717) is 17.5 Å². The summed E-state index contributed by atoms with van der Waals surface area (Å²) >= 11 is 0. The molecule has 2 aromatic carbocycles. The van der Waals surface area contributed by atoms with E-state index in [9.17, 15) is 62.6 Å². The van der Waals surface area contributed by atoms with Crippen LogP contribution in [-0.4, -0.2) is 197 Å². The van der Waals surface area contributed by atoms with E-state index in [4.69, 9.17) is 53.8 Å². The van der Waals surface area contributed by atoms with Crippen molar-refractivity contribution in [1.82, 2.24) is 26.6 Å². The third-order valence-corrected chi connectivity index (χ3v) is 10.6. The van der Waals surface area contributed by atoms with Gasteiger partial charge < -0.3 is 103 Å². The first-order valence-corrected chi connectivity index (χ1v) is 27.9. The van der Waals surface area contributed by atoms with Gasteiger partial charge in [0.25, 0.3) is 17.7 Å². The number of phenols is 1. The molecular formula is C60H84N7O24-. The minimum absolute atomic E-state index is 0. The first kappa shape index (κ1) is 81.4. The maximum absolute atomic E-state index is 12.7. The van der Waals surface area contributed by atoms with Crippen LogP contribution in [0.5, 0.6) is 11.5 Å². The summed E-state index contributed by atoms with van der Waals surface area (Å²) in [5.41, 5.74) is 5.65. The number of phenolic OH excluding ortho intramolecular Hbond substituents is 1. The summed E-state index contributed by atoms with van der Waals surface area (Å²) in [7, 11) is 2.42. The van der Waals surface area contributed by atoms with Gasteiger partial charge in [-0.3, -0.25) is 38.4 Å². The van der Waals surface area contributed by atoms with E-state index in [1.54, 1.807) is 53.7 Å². The monoisotopic (exact) mass is 1290 g/mol. The second-order valence-electron chi connectivity index (χ2n) is 20.6. The van der Waals surface area contributed by atoms with Crippen LogP contribution in [0.2, 0.25) is 0 Å². The van der Waals surface area contributed by atoms with Crippen LogP contribution in [0, 0.1) is 31.1 Å². The number of ether oxygens (including phenoxy) is 9. The van der Waals surface area contributed by atoms with E-state index in [1.807, 2.05) is 0 Å². The molecule has 1 aliphatic rings. The van der Waals surface area contributed by atoms with Crippen molar-refractivity contribution in [3.8, 4) is 35.2 Å². The van der Waals surface area contributed by atoms with E-state index in [-0.39, 0.29) is 148 Å². The number of rotatable bonds is 20. The molecule has 0 unspecified atom stereocenters. The maximum atomic E-state index is 12.7. The predicted octanol–water partition coefficient (Wildman–Crippen LogP) is 1.67. The Balaban J connectivity index is 0.00000146. The number of esters is 3. The number of carboxylic acid groups (broad SMARTS) is 2. The van der Waals surface area contributed by atoms with E-state index in [1.165, 1.54) is 38.5 Å². The lowest BCUT2D eigenvalue weighted by Crippen LogP contribution is -2.45. The Kier molecular flexibility index (Phi) is 40.1. The molecule has 1 aliphatic heterocycles. The van der Waals surface area contributed by atoms with Crippen molar-refractivity contribution in [2.45, 2.75) is 116 Å². The number of nitrogens with one attached hydrogen (secondary N) is 6. The van der Waals surface area contributed by atoms with Crippen LogP contribution in [0.15, 0.2) is 36.4 Å². The number of methoxy groups -OCH3 is 2. The third-order valence-electron chi connectivity index (χ3n) is 10.6. The fourth-order valence-corrected chi connectivity index (χ4v) is 6.58. The molecular weight excluding hydrogens is 1200 g/mol. The topological polar surface area (TPSA) is 447 Å². The summed E-state index contributed by atoms with van der Waals surface area (Å²) in [6, 6.07) is 7.07. The number of amides is 6. The number of carbonyl (C=O) groups is 12. The largest absolute Gasteiger partial charge is 0.506 e. The van der Waals surface area contributed by atoms with Gasteiger partial charge in [0, 0.05) is 63.3 Å². The summed E-state index contributed by atoms with van der Waals surface area (Å²) in [5, 5.41) is 41.0. The molecule has 0 spiro atoms. The van der Waals surface area contributed by atoms with Crippen molar-refractivity contribution < 1.29 is 115 Å². The molecule has 0 bridgehead atoms. The predicted molar refractivity (Wildman–Crippen MR) is 323 cm³/mol. The molecule has 0 radical (unpaired) electrons. The molecule has 31 nitrogen and oxygen atoms in total. The fourth-order valence-electron chi connectivity index (χ4n) is 6.58. The molecule has 504 valence electrons. The number of aromatic hydroxyl groups is 1. The number of carbonyl (C=O) groups excluding carboxylic acids is 10. The number of hydrogen-bond acceptors (Lipinski definition) is 23. The van der Waals surface area contributed by atoms with Gasteiger partial charge >= 0.3 is 42.0 Å². The Hall–Kier alpha value is -9.56. The first-order valence-electron chi connectivity index (χ1n) is 27.9. The molecule has 31 heteroatoms. The molecule has 0 aromatic heterocycles. The van der Waals surface area contributed by atoms with Crippen molar-refractivity contribution in [1.29, 1.82) is 0 Å². The molecule has 91 heavy (non-hydrogen) atoms. The molecule has 0 aliphatic carbocycles. The maximum Gasteiger partial charge on any atom is 0.408 e. The highest BCUT2D eigenvalue weighted by Crippen LogP contribution is 2.28. The number of ketones is 1. The standard InChI is InChI=1S/C30H39N3O11.C15H22N2O5.C14H20N2O8.CH3/c1-30(2,3)44-29(39)33-23(28(38)40-4)19-20-7-9-24-22(18-20)32-26(36)11-15-42-17-13-31-25(35)10-8-21(34)6-5-14-41-16-12-27(37)43-24;1-15(2,3)22-14(20)17-11(13(19)21-4)8-9-5-6-12(18)10(16)7-9;17-11(15-5-9-23-7-3-13(19)20)1-2-12(18)16-6-10-24-8-4-14(21)22;/h7,9,18,23H,5-6,11-17,19H2,1-4H3,(H,31,35)(H,32,36)(H,33,39);5-7,11,18H,8,16H2,1-4H3,(H,17,20);3-10H2,(H,15,17)(H,16,18)(H,19,20)(H,21,22);1H3/q;;;-1/t23-;11-;;/m00../s1. The highest BCUT2D eigenvalue weighted by molar-refractivity contribution is 6.04. The summed E-state index contributed by atoms with van der Waals surface area (Å²) in [6.45, 7) is 11.3. The molecule has 0 saturated heterocycles. The lowest BCUT2D eigenvalue weighted by Gasteiger charge is -2.23. The molecule has 3 rings (SSSR count). The van der Waals surface area contributed by atoms with Crippen LogP contribution in [0.3, 0.4) is 0 Å². The zero-order valence-electron chi connectivity index (χ0n) is 52.5. The summed E-state index contributed by atoms with van der Waals surface area (Å²) in [4.78, 5) is 140. The Labute approximate surface area is 527 Å². The average Bonchev–Trinajstić information content (AvgIpc) is 2.14. The van der Waals surface area contributed by atoms with Gasteiger partial charge in [-0.25, -0.2) is 19.2 Å². The normalized spacial score (nSPS) is 13.7. The number of fused-ring (bicyclic) bond motifs is 1. The molecule has 11 N–H and O–H groups in total. The van der Waals surface area contributed by atoms with Crippen molar-refractivity contribution in [3.05, 3.63) is 55.0 Å². The fraction of sp³-hybridized carbons (Fsp3) is 0.517. The Morgan fingerprint density at radius 1 is 0.670 bits per heavy atom. The van der Waals surface area contributed by atoms with Gasteiger partial charge in [-0.2, -0.15) is 0 Å². The molecule has 6 amide bonds. The number of hydrogen-bond donors (Lipinski definition) is 10. The smallest absolute Gasteiger partial charge is 0.408 e. The highest BCUT2D eigenvalue weighted by Gasteiger charge is 2.28. The molecule has 0 saturated carbocycles. The number of anilines is 2. The minimum Gasteiger partial charge on any atom is -0.506 e. The Bertz CT molecular complexity index is 2840. The number of aliphatic carboxylic acids is 2. The number of carboxylic acids is 2. The first-order chi connectivity index (χ1) is 42.4. The van der Waals surface area contributed by atoms with Gasteiger partial charge in [0.15, 0.2) is 5.75 Å². The van der Waals surface area contributed by atoms with Crippen molar-refractivity contribution in [2.75, 3.05) is 97.8 Å². The van der Waals surface area contributed by atoms with Crippen LogP contribution >= 0.6 is 0 Å². The molecule has 2 aromatic rings. The van der Waals surface area contributed by atoms with Crippen LogP contribution in [0.1, 0.15) is 91.2 Å². The van der Waals surface area contributed by atoms with Gasteiger partial charge in [0.2, 0.25) is 11.7 Å². The average molecular weight is 1290 g/mol. The van der Waals surface area contributed by atoms with Crippen LogP contribution in [0.25, 0.3) is 0 Å². The lowest BCUT2D eigenvalue weighted by molar-refractivity contribution is -0.143. The van der Waals surface area contributed by atoms with Crippen LogP contribution < -0.4 is 42.4 Å². The number of Topliss-reactive ketones (excluding diaryl/α,β-unsaturated/α-hetero) is 1. The summed E-state index contributed by atoms with van der Waals surface area (Å²) < 4.78 is 46.0. The van der Waals surface area contributed by atoms with Gasteiger partial charge in [-0.15, -0.1) is 0 Å². The zero-order valence-corrected chi connectivity index (χ0v) is 52.5. The van der Waals surface area contributed by atoms with Crippen molar-refractivity contribution in [3.63, 3.8) is 0 Å². The second-order valence-corrected chi connectivity index (χ2v) is 20.6. The lowest BCUT2D eigenvalue weighted by atomic mass is 10.0. The van der Waals surface area contributed by atoms with Gasteiger partial charge in [0.05, 0.1) is 97.5 Å². The summed E-state index contributed by atoms with van der Waals surface area (Å²) in [5.74, 6) is 1.92. The highest BCUT2D eigenvalue weighted by atomic mass is 16.6. The van der Waals surface area contributed by atoms with Crippen LogP contribution in [0.4, 0.5) is 21.0 Å². The quantitative estimate of drug-likeness (QED) is 0.0104. The number of alkyl carbamates (subject to hydrolysis) is 2. The molecule has 1 heterocycles. The van der Waals surface area contributed by atoms with E-state index in [0.717, 1.165) is 0 Å². The van der Waals surface area contributed by atoms with Crippen molar-refractivity contribution >= 4 is 82.8 Å². The second kappa shape index (κ2) is 44.8. The van der Waals surface area contributed by atoms with E-state index < -0.39 is 94.7 Å². The number of nitrogens with two attached hydrogens (primary N) is 1. The van der Waals surface area contributed by atoms with E-state index >= 15 is 0 Å². The van der Waals surface area contributed by atoms with Gasteiger partial charge in [-0.1, -0.05) is 12.1 Å². The third kappa shape index (κ3) is 42.1. The van der Waals surface area contributed by atoms with Gasteiger partial charge in [-0.05, 0) is 89.3 Å². The zero-order chi connectivity index (χ0) is 67.7. The SMILES string of the molecule is COC(=O)[C@H](Cc1ccc(O)c(N)c1)NC(=O)OC(C)(C)C.COC(=O)[C@H](Cc1ccc2c(c1)NC(=O)CCOCCNC(=O)C#CC(=O)CCCOCCC(=O)O2)NC(=O)OC(C)(C)C.O=C(O)CCOCCNC(=O)C#CC(=O)NCCOCCC(=O)O.[CH3-]. The van der Waals surface area contributed by atoms with Crippen LogP contribution in [-0.2, 0) is 98.7 Å². The summed E-state index contributed by atoms with van der Waals surface area (Å²) in [6.07, 6.45) is -1.37.